The van der Waals surface area contributed by atoms with E-state index >= 15 is 0 Å². The molecule has 0 radical (unpaired) electrons. The molecule has 0 fully saturated rings. The Hall–Kier alpha value is -1.74. The molecule has 0 heterocycles. The summed E-state index contributed by atoms with van der Waals surface area (Å²) in [6, 6.07) is 12.8. The molecule has 1 unspecified atom stereocenters. The van der Waals surface area contributed by atoms with E-state index in [1.54, 1.807) is 23.9 Å². The number of sulfonamides is 1. The Labute approximate surface area is 161 Å². The molecule has 0 saturated carbocycles. The average Bonchev–Trinajstić information content (AvgIpc) is 2.65. The summed E-state index contributed by atoms with van der Waals surface area (Å²) in [5.41, 5.74) is 0. The molecule has 2 aromatic rings. The van der Waals surface area contributed by atoms with Crippen molar-refractivity contribution in [3.05, 3.63) is 53.6 Å². The zero-order chi connectivity index (χ0) is 19.2. The predicted molar refractivity (Wildman–Crippen MR) is 101 cm³/mol. The number of halogens is 1. The van der Waals surface area contributed by atoms with Gasteiger partial charge in [-0.3, -0.25) is 0 Å². The van der Waals surface area contributed by atoms with E-state index in [1.807, 2.05) is 18.4 Å². The van der Waals surface area contributed by atoms with E-state index in [0.717, 1.165) is 4.90 Å². The zero-order valence-electron chi connectivity index (χ0n) is 14.1. The quantitative estimate of drug-likeness (QED) is 0.527. The second-order valence-electron chi connectivity index (χ2n) is 5.11. The predicted octanol–water partition coefficient (Wildman–Crippen LogP) is 2.96. The minimum absolute atomic E-state index is 0.0369. The molecule has 6 nitrogen and oxygen atoms in total. The van der Waals surface area contributed by atoms with Gasteiger partial charge in [0.1, 0.15) is 5.75 Å². The van der Waals surface area contributed by atoms with Gasteiger partial charge in [0, 0.05) is 9.92 Å². The molecule has 2 aromatic carbocycles. The third kappa shape index (κ3) is 5.63. The van der Waals surface area contributed by atoms with E-state index in [-0.39, 0.29) is 11.4 Å². The van der Waals surface area contributed by atoms with Gasteiger partial charge in [0.15, 0.2) is 0 Å². The molecule has 140 valence electrons. The van der Waals surface area contributed by atoms with Gasteiger partial charge in [-0.05, 0) is 54.8 Å². The molecule has 2 rings (SSSR count). The molecule has 0 aliphatic heterocycles. The van der Waals surface area contributed by atoms with Crippen LogP contribution in [0.5, 0.6) is 5.75 Å². The Balaban J connectivity index is 2.09. The van der Waals surface area contributed by atoms with Gasteiger partial charge >= 0.3 is 5.97 Å². The summed E-state index contributed by atoms with van der Waals surface area (Å²) in [6.45, 7) is -0.276. The number of methoxy groups -OCH3 is 1. The van der Waals surface area contributed by atoms with Gasteiger partial charge in [0.05, 0.1) is 18.6 Å². The van der Waals surface area contributed by atoms with Crippen LogP contribution in [0.15, 0.2) is 58.3 Å². The van der Waals surface area contributed by atoms with E-state index in [1.165, 1.54) is 31.4 Å². The first-order valence-electron chi connectivity index (χ1n) is 7.49. The number of hydrogen-bond donors (Lipinski definition) is 1. The van der Waals surface area contributed by atoms with Gasteiger partial charge in [0.25, 0.3) is 0 Å². The summed E-state index contributed by atoms with van der Waals surface area (Å²) < 4.78 is 37.3. The highest BCUT2D eigenvalue weighted by molar-refractivity contribution is 7.98. The number of carbonyl (C=O) groups is 1. The van der Waals surface area contributed by atoms with Crippen LogP contribution in [0.2, 0.25) is 5.02 Å². The molecular formula is C17H18ClNO5S2. The minimum atomic E-state index is -3.82. The van der Waals surface area contributed by atoms with Crippen molar-refractivity contribution in [3.8, 4) is 5.75 Å². The van der Waals surface area contributed by atoms with Gasteiger partial charge in [-0.2, -0.15) is 0 Å². The second-order valence-corrected chi connectivity index (χ2v) is 8.19. The third-order valence-electron chi connectivity index (χ3n) is 3.38. The summed E-state index contributed by atoms with van der Waals surface area (Å²) in [5, 5.41) is 0.424. The number of rotatable bonds is 8. The van der Waals surface area contributed by atoms with Crippen LogP contribution in [0.25, 0.3) is 0 Å². The van der Waals surface area contributed by atoms with E-state index in [4.69, 9.17) is 21.1 Å². The third-order valence-corrected chi connectivity index (χ3v) is 5.82. The Morgan fingerprint density at radius 3 is 2.31 bits per heavy atom. The summed E-state index contributed by atoms with van der Waals surface area (Å²) in [4.78, 5) is 13.0. The molecule has 0 saturated heterocycles. The van der Waals surface area contributed by atoms with Crippen molar-refractivity contribution in [3.63, 3.8) is 0 Å². The minimum Gasteiger partial charge on any atom is -0.477 e. The van der Waals surface area contributed by atoms with Crippen LogP contribution in [0.1, 0.15) is 0 Å². The van der Waals surface area contributed by atoms with Crippen LogP contribution in [-0.4, -0.2) is 40.4 Å². The lowest BCUT2D eigenvalue weighted by Crippen LogP contribution is -2.41. The molecule has 0 aromatic heterocycles. The Morgan fingerprint density at radius 2 is 1.77 bits per heavy atom. The van der Waals surface area contributed by atoms with Crippen LogP contribution in [0.4, 0.5) is 0 Å². The van der Waals surface area contributed by atoms with E-state index in [9.17, 15) is 13.2 Å². The summed E-state index contributed by atoms with van der Waals surface area (Å²) in [5.74, 6) is -0.248. The maximum absolute atomic E-state index is 12.3. The van der Waals surface area contributed by atoms with Crippen LogP contribution in [-0.2, 0) is 19.6 Å². The maximum atomic E-state index is 12.3. The Bertz CT molecular complexity index is 838. The van der Waals surface area contributed by atoms with E-state index in [2.05, 4.69) is 4.72 Å². The smallest absolute Gasteiger partial charge is 0.348 e. The number of esters is 1. The van der Waals surface area contributed by atoms with Crippen molar-refractivity contribution in [2.75, 3.05) is 19.9 Å². The molecule has 0 bridgehead atoms. The molecule has 0 aliphatic rings. The normalized spacial score (nSPS) is 12.4. The largest absolute Gasteiger partial charge is 0.477 e. The first-order valence-corrected chi connectivity index (χ1v) is 10.6. The summed E-state index contributed by atoms with van der Waals surface area (Å²) in [7, 11) is -2.61. The molecular weight excluding hydrogens is 398 g/mol. The topological polar surface area (TPSA) is 81.7 Å². The Kier molecular flexibility index (Phi) is 7.33. The number of ether oxygens (including phenoxy) is 2. The highest BCUT2D eigenvalue weighted by Crippen LogP contribution is 2.20. The molecule has 0 aliphatic carbocycles. The van der Waals surface area contributed by atoms with Gasteiger partial charge in [-0.15, -0.1) is 11.8 Å². The average molecular weight is 416 g/mol. The van der Waals surface area contributed by atoms with Crippen molar-refractivity contribution < 1.29 is 22.7 Å². The fraction of sp³-hybridized carbons (Fsp3) is 0.235. The van der Waals surface area contributed by atoms with Gasteiger partial charge < -0.3 is 9.47 Å². The molecule has 9 heteroatoms. The lowest BCUT2D eigenvalue weighted by Gasteiger charge is -2.18. The van der Waals surface area contributed by atoms with Crippen LogP contribution in [0.3, 0.4) is 0 Å². The highest BCUT2D eigenvalue weighted by Gasteiger charge is 2.24. The number of hydrogen-bond acceptors (Lipinski definition) is 6. The SMILES string of the molecule is COC(=O)C(CNS(=O)(=O)c1ccc(Cl)cc1)Oc1ccc(SC)cc1. The fourth-order valence-corrected chi connectivity index (χ4v) is 3.57. The maximum Gasteiger partial charge on any atom is 0.348 e. The first-order chi connectivity index (χ1) is 12.4. The summed E-state index contributed by atoms with van der Waals surface area (Å²) in [6.07, 6.45) is 0.820. The number of nitrogens with one attached hydrogen (secondary N) is 1. The zero-order valence-corrected chi connectivity index (χ0v) is 16.5. The van der Waals surface area contributed by atoms with E-state index in [0.29, 0.717) is 10.8 Å². The number of thioether (sulfide) groups is 1. The first kappa shape index (κ1) is 20.6. The van der Waals surface area contributed by atoms with Gasteiger partial charge in [-0.25, -0.2) is 17.9 Å². The lowest BCUT2D eigenvalue weighted by atomic mass is 10.3. The number of carbonyl (C=O) groups excluding carboxylic acids is 1. The molecule has 1 N–H and O–H groups in total. The standard InChI is InChI=1S/C17H18ClNO5S2/c1-23-17(20)16(24-13-5-7-14(25-2)8-6-13)11-19-26(21,22)15-9-3-12(18)4-10-15/h3-10,16,19H,11H2,1-2H3. The lowest BCUT2D eigenvalue weighted by molar-refractivity contribution is -0.148. The Morgan fingerprint density at radius 1 is 1.15 bits per heavy atom. The number of benzene rings is 2. The summed E-state index contributed by atoms with van der Waals surface area (Å²) >= 11 is 7.33. The van der Waals surface area contributed by atoms with Crippen LogP contribution < -0.4 is 9.46 Å². The van der Waals surface area contributed by atoms with Crippen molar-refractivity contribution in [2.45, 2.75) is 15.9 Å². The van der Waals surface area contributed by atoms with Gasteiger partial charge in [0.2, 0.25) is 16.1 Å². The monoisotopic (exact) mass is 415 g/mol. The van der Waals surface area contributed by atoms with Crippen LogP contribution >= 0.6 is 23.4 Å². The fourth-order valence-electron chi connectivity index (χ4n) is 2.01. The van der Waals surface area contributed by atoms with Crippen LogP contribution in [0, 0.1) is 0 Å². The van der Waals surface area contributed by atoms with Crippen molar-refractivity contribution in [1.82, 2.24) is 4.72 Å². The molecule has 0 spiro atoms. The van der Waals surface area contributed by atoms with Crippen molar-refractivity contribution in [2.24, 2.45) is 0 Å². The van der Waals surface area contributed by atoms with E-state index < -0.39 is 22.1 Å². The second kappa shape index (κ2) is 9.27. The van der Waals surface area contributed by atoms with Crippen molar-refractivity contribution >= 4 is 39.4 Å². The van der Waals surface area contributed by atoms with Crippen molar-refractivity contribution in [1.29, 1.82) is 0 Å². The van der Waals surface area contributed by atoms with Gasteiger partial charge in [-0.1, -0.05) is 11.6 Å². The molecule has 26 heavy (non-hydrogen) atoms. The molecule has 1 atom stereocenters. The highest BCUT2D eigenvalue weighted by atomic mass is 35.5. The molecule has 0 amide bonds.